The third-order valence-corrected chi connectivity index (χ3v) is 3.99. The number of H-pyrrole nitrogens is 1. The fourth-order valence-corrected chi connectivity index (χ4v) is 2.84. The summed E-state index contributed by atoms with van der Waals surface area (Å²) in [6.07, 6.45) is 0. The summed E-state index contributed by atoms with van der Waals surface area (Å²) < 4.78 is 9.29. The van der Waals surface area contributed by atoms with Crippen LogP contribution >= 0.6 is 11.5 Å². The zero-order chi connectivity index (χ0) is 15.5. The van der Waals surface area contributed by atoms with E-state index in [-0.39, 0.29) is 5.69 Å². The molecule has 0 saturated carbocycles. The Hall–Kier alpha value is -2.54. The van der Waals surface area contributed by atoms with Crippen LogP contribution in [-0.2, 0) is 4.74 Å². The van der Waals surface area contributed by atoms with E-state index in [1.165, 1.54) is 11.5 Å². The lowest BCUT2D eigenvalue weighted by atomic mass is 10.1. The number of esters is 1. The summed E-state index contributed by atoms with van der Waals surface area (Å²) in [7, 11) is 0. The predicted octanol–water partition coefficient (Wildman–Crippen LogP) is 3.08. The van der Waals surface area contributed by atoms with Gasteiger partial charge < -0.3 is 4.74 Å². The molecule has 3 rings (SSSR count). The Labute approximate surface area is 131 Å². The van der Waals surface area contributed by atoms with Gasteiger partial charge in [-0.05, 0) is 43.1 Å². The van der Waals surface area contributed by atoms with Gasteiger partial charge in [0.2, 0.25) is 0 Å². The van der Waals surface area contributed by atoms with Crippen molar-refractivity contribution in [3.05, 3.63) is 41.7 Å². The van der Waals surface area contributed by atoms with Crippen molar-refractivity contribution in [1.82, 2.24) is 19.8 Å². The number of nitrogens with zero attached hydrogens (tertiary/aromatic N) is 3. The van der Waals surface area contributed by atoms with Gasteiger partial charge in [-0.1, -0.05) is 18.2 Å². The predicted molar refractivity (Wildman–Crippen MR) is 83.6 cm³/mol. The van der Waals surface area contributed by atoms with Gasteiger partial charge >= 0.3 is 5.97 Å². The largest absolute Gasteiger partial charge is 0.461 e. The summed E-state index contributed by atoms with van der Waals surface area (Å²) in [4.78, 5) is 13.0. The topological polar surface area (TPSA) is 80.8 Å². The molecule has 1 N–H and O–H groups in total. The van der Waals surface area contributed by atoms with Crippen molar-refractivity contribution in [3.8, 4) is 21.7 Å². The molecule has 22 heavy (non-hydrogen) atoms. The average molecular weight is 314 g/mol. The zero-order valence-electron chi connectivity index (χ0n) is 12.2. The van der Waals surface area contributed by atoms with Gasteiger partial charge in [0.1, 0.15) is 5.69 Å². The Bertz CT molecular complexity index is 809. The standard InChI is InChI=1S/C15H14N4O2S/c1-3-21-15(20)14-13(16-19-17-14)11-6-4-5-10(8-11)12-7-9(2)18-22-12/h4-8H,3H2,1-2H3,(H,16,17,19). The van der Waals surface area contributed by atoms with E-state index in [0.29, 0.717) is 12.3 Å². The first-order chi connectivity index (χ1) is 10.7. The highest BCUT2D eigenvalue weighted by Gasteiger charge is 2.19. The lowest BCUT2D eigenvalue weighted by molar-refractivity contribution is 0.0520. The minimum absolute atomic E-state index is 0.194. The van der Waals surface area contributed by atoms with Crippen LogP contribution in [0.15, 0.2) is 30.3 Å². The SMILES string of the molecule is CCOC(=O)c1n[nH]nc1-c1cccc(-c2cc(C)ns2)c1. The lowest BCUT2D eigenvalue weighted by Crippen LogP contribution is -2.06. The Morgan fingerprint density at radius 3 is 2.82 bits per heavy atom. The van der Waals surface area contributed by atoms with Crippen molar-refractivity contribution in [2.24, 2.45) is 0 Å². The highest BCUT2D eigenvalue weighted by Crippen LogP contribution is 2.29. The first kappa shape index (κ1) is 14.4. The van der Waals surface area contributed by atoms with E-state index in [0.717, 1.165) is 21.7 Å². The summed E-state index contributed by atoms with van der Waals surface area (Å²) >= 11 is 1.44. The quantitative estimate of drug-likeness (QED) is 0.748. The maximum absolute atomic E-state index is 11.9. The third-order valence-electron chi connectivity index (χ3n) is 3.07. The normalized spacial score (nSPS) is 10.6. The number of aryl methyl sites for hydroxylation is 1. The van der Waals surface area contributed by atoms with Crippen LogP contribution in [0.4, 0.5) is 0 Å². The molecule has 0 atom stereocenters. The second-order valence-corrected chi connectivity index (χ2v) is 5.46. The Morgan fingerprint density at radius 1 is 1.27 bits per heavy atom. The Kier molecular flexibility index (Phi) is 3.97. The summed E-state index contributed by atoms with van der Waals surface area (Å²) in [5, 5.41) is 10.5. The highest BCUT2D eigenvalue weighted by atomic mass is 32.1. The molecule has 1 aromatic carbocycles. The molecule has 0 bridgehead atoms. The van der Waals surface area contributed by atoms with Gasteiger partial charge in [0, 0.05) is 5.56 Å². The molecule has 7 heteroatoms. The fraction of sp³-hybridized carbons (Fsp3) is 0.200. The Balaban J connectivity index is 2.00. The van der Waals surface area contributed by atoms with Gasteiger partial charge in [-0.3, -0.25) is 0 Å². The van der Waals surface area contributed by atoms with Crippen molar-refractivity contribution < 1.29 is 9.53 Å². The van der Waals surface area contributed by atoms with E-state index in [4.69, 9.17) is 4.74 Å². The molecule has 3 aromatic rings. The van der Waals surface area contributed by atoms with Crippen molar-refractivity contribution in [2.75, 3.05) is 6.61 Å². The molecule has 0 saturated heterocycles. The summed E-state index contributed by atoms with van der Waals surface area (Å²) in [6, 6.07) is 9.80. The molecule has 6 nitrogen and oxygen atoms in total. The van der Waals surface area contributed by atoms with E-state index in [9.17, 15) is 4.79 Å². The zero-order valence-corrected chi connectivity index (χ0v) is 13.0. The summed E-state index contributed by atoms with van der Waals surface area (Å²) in [6.45, 7) is 4.01. The van der Waals surface area contributed by atoms with Crippen LogP contribution < -0.4 is 0 Å². The first-order valence-corrected chi connectivity index (χ1v) is 7.58. The number of hydrogen-bond donors (Lipinski definition) is 1. The molecule has 2 aromatic heterocycles. The number of aromatic nitrogens is 4. The van der Waals surface area contributed by atoms with Crippen LogP contribution in [-0.4, -0.2) is 32.4 Å². The number of benzene rings is 1. The second kappa shape index (κ2) is 6.07. The number of hydrogen-bond acceptors (Lipinski definition) is 6. The minimum atomic E-state index is -0.481. The molecule has 0 fully saturated rings. The molecular formula is C15H14N4O2S. The van der Waals surface area contributed by atoms with Crippen molar-refractivity contribution in [3.63, 3.8) is 0 Å². The maximum Gasteiger partial charge on any atom is 0.361 e. The molecule has 0 amide bonds. The van der Waals surface area contributed by atoms with E-state index in [1.54, 1.807) is 6.92 Å². The van der Waals surface area contributed by atoms with E-state index in [2.05, 4.69) is 19.8 Å². The van der Waals surface area contributed by atoms with Gasteiger partial charge in [0.05, 0.1) is 17.2 Å². The molecule has 0 unspecified atom stereocenters. The molecule has 0 spiro atoms. The van der Waals surface area contributed by atoms with Crippen molar-refractivity contribution in [2.45, 2.75) is 13.8 Å². The van der Waals surface area contributed by atoms with Crippen molar-refractivity contribution >= 4 is 17.5 Å². The number of rotatable bonds is 4. The van der Waals surface area contributed by atoms with E-state index >= 15 is 0 Å². The average Bonchev–Trinajstić information content (AvgIpc) is 3.16. The van der Waals surface area contributed by atoms with Crippen LogP contribution in [0.2, 0.25) is 0 Å². The van der Waals surface area contributed by atoms with Crippen LogP contribution in [0, 0.1) is 6.92 Å². The molecular weight excluding hydrogens is 300 g/mol. The Morgan fingerprint density at radius 2 is 2.09 bits per heavy atom. The molecule has 0 radical (unpaired) electrons. The third kappa shape index (κ3) is 2.75. The molecule has 0 aliphatic carbocycles. The summed E-state index contributed by atoms with van der Waals surface area (Å²) in [5.41, 5.74) is 3.50. The van der Waals surface area contributed by atoms with Crippen LogP contribution in [0.1, 0.15) is 23.1 Å². The van der Waals surface area contributed by atoms with Gasteiger partial charge in [0.25, 0.3) is 0 Å². The molecule has 112 valence electrons. The first-order valence-electron chi connectivity index (χ1n) is 6.81. The summed E-state index contributed by atoms with van der Waals surface area (Å²) in [5.74, 6) is -0.481. The van der Waals surface area contributed by atoms with Crippen LogP contribution in [0.3, 0.4) is 0 Å². The molecule has 0 aliphatic heterocycles. The highest BCUT2D eigenvalue weighted by molar-refractivity contribution is 7.09. The van der Waals surface area contributed by atoms with Crippen LogP contribution in [0.25, 0.3) is 21.7 Å². The molecule has 2 heterocycles. The van der Waals surface area contributed by atoms with Gasteiger partial charge in [0.15, 0.2) is 5.69 Å². The van der Waals surface area contributed by atoms with Gasteiger partial charge in [-0.2, -0.15) is 14.7 Å². The number of carbonyl (C=O) groups is 1. The van der Waals surface area contributed by atoms with Crippen molar-refractivity contribution in [1.29, 1.82) is 0 Å². The fourth-order valence-electron chi connectivity index (χ4n) is 2.09. The number of ether oxygens (including phenoxy) is 1. The number of nitrogens with one attached hydrogen (secondary N) is 1. The second-order valence-electron chi connectivity index (χ2n) is 4.65. The molecule has 0 aliphatic rings. The smallest absolute Gasteiger partial charge is 0.361 e. The van der Waals surface area contributed by atoms with E-state index < -0.39 is 5.97 Å². The van der Waals surface area contributed by atoms with Gasteiger partial charge in [-0.25, -0.2) is 4.79 Å². The van der Waals surface area contributed by atoms with E-state index in [1.807, 2.05) is 37.3 Å². The number of carbonyl (C=O) groups excluding carboxylic acids is 1. The van der Waals surface area contributed by atoms with Crippen LogP contribution in [0.5, 0.6) is 0 Å². The minimum Gasteiger partial charge on any atom is -0.461 e. The monoisotopic (exact) mass is 314 g/mol. The maximum atomic E-state index is 11.9. The lowest BCUT2D eigenvalue weighted by Gasteiger charge is -2.03. The van der Waals surface area contributed by atoms with Gasteiger partial charge in [-0.15, -0.1) is 5.10 Å². The number of aromatic amines is 1.